The number of nitrogens with one attached hydrogen (secondary N) is 1. The molecule has 0 saturated heterocycles. The van der Waals surface area contributed by atoms with Gasteiger partial charge in [-0.2, -0.15) is 13.2 Å². The maximum atomic E-state index is 12.8. The lowest BCUT2D eigenvalue weighted by atomic mass is 9.95. The third-order valence-electron chi connectivity index (χ3n) is 3.85. The summed E-state index contributed by atoms with van der Waals surface area (Å²) in [6.07, 6.45) is -0.566. The molecule has 7 heteroatoms. The molecule has 1 heterocycles. The Morgan fingerprint density at radius 1 is 1.22 bits per heavy atom. The van der Waals surface area contributed by atoms with Crippen LogP contribution in [-0.4, -0.2) is 5.91 Å². The van der Waals surface area contributed by atoms with E-state index < -0.39 is 17.6 Å². The first-order chi connectivity index (χ1) is 10.9. The van der Waals surface area contributed by atoms with Crippen LogP contribution in [0, 0.1) is 0 Å². The van der Waals surface area contributed by atoms with Gasteiger partial charge in [-0.05, 0) is 49.4 Å². The highest BCUT2D eigenvalue weighted by Gasteiger charge is 2.31. The van der Waals surface area contributed by atoms with Crippen molar-refractivity contribution < 1.29 is 18.0 Å². The molecule has 0 aliphatic heterocycles. The van der Waals surface area contributed by atoms with Gasteiger partial charge in [0.25, 0.3) is 5.91 Å². The molecule has 1 aromatic heterocycles. The first-order valence-electron chi connectivity index (χ1n) is 7.13. The Morgan fingerprint density at radius 2 is 1.96 bits per heavy atom. The van der Waals surface area contributed by atoms with Crippen LogP contribution in [0.5, 0.6) is 0 Å². The van der Waals surface area contributed by atoms with Gasteiger partial charge in [0.2, 0.25) is 0 Å². The fraction of sp³-hybridized carbons (Fsp3) is 0.312. The standard InChI is InChI=1S/C16H13ClF3NOS/c17-12-6-5-9(16(18,19)20)7-13(12)21-15(22)11-8-23-14-4-2-1-3-10(11)14/h5-8H,1-4H2,(H,21,22). The van der Waals surface area contributed by atoms with Crippen molar-refractivity contribution in [2.45, 2.75) is 31.9 Å². The summed E-state index contributed by atoms with van der Waals surface area (Å²) in [5, 5.41) is 4.36. The summed E-state index contributed by atoms with van der Waals surface area (Å²) in [4.78, 5) is 13.6. The molecular formula is C16H13ClF3NOS. The van der Waals surface area contributed by atoms with Crippen LogP contribution in [0.2, 0.25) is 5.02 Å². The van der Waals surface area contributed by atoms with Crippen molar-refractivity contribution in [3.63, 3.8) is 0 Å². The van der Waals surface area contributed by atoms with E-state index in [1.807, 2.05) is 0 Å². The molecular weight excluding hydrogens is 347 g/mol. The quantitative estimate of drug-likeness (QED) is 0.748. The topological polar surface area (TPSA) is 29.1 Å². The molecule has 0 unspecified atom stereocenters. The Kier molecular flexibility index (Phi) is 4.38. The number of benzene rings is 1. The molecule has 2 aromatic rings. The van der Waals surface area contributed by atoms with Gasteiger partial charge in [0.1, 0.15) is 0 Å². The number of alkyl halides is 3. The van der Waals surface area contributed by atoms with Crippen molar-refractivity contribution in [2.24, 2.45) is 0 Å². The highest BCUT2D eigenvalue weighted by atomic mass is 35.5. The molecule has 1 N–H and O–H groups in total. The van der Waals surface area contributed by atoms with Gasteiger partial charge in [-0.15, -0.1) is 11.3 Å². The molecule has 1 amide bonds. The van der Waals surface area contributed by atoms with E-state index in [2.05, 4.69) is 5.32 Å². The van der Waals surface area contributed by atoms with Gasteiger partial charge in [-0.25, -0.2) is 0 Å². The number of hydrogen-bond donors (Lipinski definition) is 1. The second kappa shape index (κ2) is 6.17. The van der Waals surface area contributed by atoms with E-state index in [-0.39, 0.29) is 10.7 Å². The lowest BCUT2D eigenvalue weighted by Gasteiger charge is -2.14. The average Bonchev–Trinajstić information content (AvgIpc) is 2.92. The van der Waals surface area contributed by atoms with Crippen LogP contribution in [0.3, 0.4) is 0 Å². The minimum atomic E-state index is -4.48. The van der Waals surface area contributed by atoms with Gasteiger partial charge < -0.3 is 5.32 Å². The van der Waals surface area contributed by atoms with Crippen LogP contribution >= 0.6 is 22.9 Å². The number of anilines is 1. The number of halogens is 4. The van der Waals surface area contributed by atoms with Gasteiger partial charge in [-0.3, -0.25) is 4.79 Å². The van der Waals surface area contributed by atoms with Gasteiger partial charge in [0.15, 0.2) is 0 Å². The Bertz CT molecular complexity index is 754. The Hall–Kier alpha value is -1.53. The number of carbonyl (C=O) groups excluding carboxylic acids is 1. The minimum absolute atomic E-state index is 0.0257. The fourth-order valence-electron chi connectivity index (χ4n) is 2.67. The molecule has 0 radical (unpaired) electrons. The van der Waals surface area contributed by atoms with Gasteiger partial charge >= 0.3 is 6.18 Å². The molecule has 23 heavy (non-hydrogen) atoms. The van der Waals surface area contributed by atoms with Crippen molar-refractivity contribution >= 4 is 34.5 Å². The largest absolute Gasteiger partial charge is 0.416 e. The molecule has 2 nitrogen and oxygen atoms in total. The predicted molar refractivity (Wildman–Crippen MR) is 85.4 cm³/mol. The predicted octanol–water partition coefficient (Wildman–Crippen LogP) is 5.55. The van der Waals surface area contributed by atoms with Gasteiger partial charge in [0, 0.05) is 10.3 Å². The summed E-state index contributed by atoms with van der Waals surface area (Å²) in [5.74, 6) is -0.411. The average molecular weight is 360 g/mol. The van der Waals surface area contributed by atoms with Gasteiger partial charge in [0.05, 0.1) is 21.8 Å². The zero-order chi connectivity index (χ0) is 16.6. The normalized spacial score (nSPS) is 14.4. The van der Waals surface area contributed by atoms with Crippen LogP contribution in [0.25, 0.3) is 0 Å². The number of thiophene rings is 1. The van der Waals surface area contributed by atoms with E-state index in [1.54, 1.807) is 5.38 Å². The monoisotopic (exact) mass is 359 g/mol. The SMILES string of the molecule is O=C(Nc1cc(C(F)(F)F)ccc1Cl)c1csc2c1CCCC2. The van der Waals surface area contributed by atoms with Crippen LogP contribution in [0.4, 0.5) is 18.9 Å². The molecule has 0 fully saturated rings. The highest BCUT2D eigenvalue weighted by molar-refractivity contribution is 7.10. The summed E-state index contributed by atoms with van der Waals surface area (Å²) in [7, 11) is 0. The first kappa shape index (κ1) is 16.3. The van der Waals surface area contributed by atoms with Crippen LogP contribution in [-0.2, 0) is 19.0 Å². The molecule has 0 atom stereocenters. The maximum absolute atomic E-state index is 12.8. The maximum Gasteiger partial charge on any atom is 0.416 e. The van der Waals surface area contributed by atoms with E-state index in [9.17, 15) is 18.0 Å². The minimum Gasteiger partial charge on any atom is -0.321 e. The molecule has 0 spiro atoms. The lowest BCUT2D eigenvalue weighted by Crippen LogP contribution is -2.15. The number of rotatable bonds is 2. The Morgan fingerprint density at radius 3 is 2.70 bits per heavy atom. The summed E-state index contributed by atoms with van der Waals surface area (Å²) >= 11 is 7.44. The van der Waals surface area contributed by atoms with Crippen molar-refractivity contribution in [2.75, 3.05) is 5.32 Å². The van der Waals surface area contributed by atoms with Crippen molar-refractivity contribution in [1.29, 1.82) is 0 Å². The van der Waals surface area contributed by atoms with Gasteiger partial charge in [-0.1, -0.05) is 11.6 Å². The van der Waals surface area contributed by atoms with Crippen LogP contribution < -0.4 is 5.32 Å². The highest BCUT2D eigenvalue weighted by Crippen LogP contribution is 2.35. The van der Waals surface area contributed by atoms with E-state index in [4.69, 9.17) is 11.6 Å². The van der Waals surface area contributed by atoms with E-state index >= 15 is 0 Å². The van der Waals surface area contributed by atoms with E-state index in [0.29, 0.717) is 5.56 Å². The molecule has 3 rings (SSSR count). The number of aryl methyl sites for hydroxylation is 1. The molecule has 0 saturated carbocycles. The fourth-order valence-corrected chi connectivity index (χ4v) is 3.96. The lowest BCUT2D eigenvalue weighted by molar-refractivity contribution is -0.137. The molecule has 122 valence electrons. The van der Waals surface area contributed by atoms with Crippen LogP contribution in [0.1, 0.15) is 39.2 Å². The second-order valence-electron chi connectivity index (χ2n) is 5.40. The van der Waals surface area contributed by atoms with Crippen molar-refractivity contribution in [3.8, 4) is 0 Å². The summed E-state index contributed by atoms with van der Waals surface area (Å²) in [6.45, 7) is 0. The van der Waals surface area contributed by atoms with Crippen LogP contribution in [0.15, 0.2) is 23.6 Å². The molecule has 1 aromatic carbocycles. The second-order valence-corrected chi connectivity index (χ2v) is 6.78. The third kappa shape index (κ3) is 3.38. The molecule has 1 aliphatic rings. The summed E-state index contributed by atoms with van der Waals surface area (Å²) < 4.78 is 38.3. The van der Waals surface area contributed by atoms with E-state index in [1.165, 1.54) is 16.2 Å². The zero-order valence-corrected chi connectivity index (χ0v) is 13.5. The van der Waals surface area contributed by atoms with Crippen molar-refractivity contribution in [1.82, 2.24) is 0 Å². The van der Waals surface area contributed by atoms with E-state index in [0.717, 1.165) is 49.4 Å². The first-order valence-corrected chi connectivity index (χ1v) is 8.39. The third-order valence-corrected chi connectivity index (χ3v) is 5.27. The Labute approximate surface area is 140 Å². The number of fused-ring (bicyclic) bond motifs is 1. The molecule has 1 aliphatic carbocycles. The number of amides is 1. The zero-order valence-electron chi connectivity index (χ0n) is 12.0. The Balaban J connectivity index is 1.87. The number of hydrogen-bond acceptors (Lipinski definition) is 2. The summed E-state index contributed by atoms with van der Waals surface area (Å²) in [6, 6.07) is 2.90. The summed E-state index contributed by atoms with van der Waals surface area (Å²) in [5.41, 5.74) is 0.687. The smallest absolute Gasteiger partial charge is 0.321 e. The van der Waals surface area contributed by atoms with Crippen molar-refractivity contribution in [3.05, 3.63) is 50.2 Å². The number of carbonyl (C=O) groups is 1. The molecule has 0 bridgehead atoms.